The fourth-order valence-electron chi connectivity index (χ4n) is 2.59. The SMILES string of the molecule is COc1ccc(N2C(=O)C[C@]3(CC=CCO3)C2=O)cc1. The molecule has 1 aromatic carbocycles. The number of nitrogens with zero attached hydrogens (tertiary/aromatic N) is 1. The van der Waals surface area contributed by atoms with Gasteiger partial charge in [0.25, 0.3) is 5.91 Å². The van der Waals surface area contributed by atoms with E-state index in [1.54, 1.807) is 31.4 Å². The first-order chi connectivity index (χ1) is 9.66. The van der Waals surface area contributed by atoms with E-state index < -0.39 is 5.60 Å². The highest BCUT2D eigenvalue weighted by molar-refractivity contribution is 6.24. The Morgan fingerprint density at radius 1 is 1.20 bits per heavy atom. The minimum Gasteiger partial charge on any atom is -0.497 e. The van der Waals surface area contributed by atoms with Crippen LogP contribution in [0.25, 0.3) is 0 Å². The van der Waals surface area contributed by atoms with Crippen LogP contribution in [-0.2, 0) is 14.3 Å². The molecule has 1 fully saturated rings. The molecule has 0 aromatic heterocycles. The van der Waals surface area contributed by atoms with Crippen molar-refractivity contribution in [1.82, 2.24) is 0 Å². The number of rotatable bonds is 2. The minimum absolute atomic E-state index is 0.0994. The van der Waals surface area contributed by atoms with Gasteiger partial charge in [-0.3, -0.25) is 9.59 Å². The zero-order chi connectivity index (χ0) is 14.2. The van der Waals surface area contributed by atoms with Gasteiger partial charge in [-0.15, -0.1) is 0 Å². The monoisotopic (exact) mass is 273 g/mol. The Bertz CT molecular complexity index is 578. The number of hydrogen-bond donors (Lipinski definition) is 0. The summed E-state index contributed by atoms with van der Waals surface area (Å²) in [5.74, 6) is 0.173. The molecule has 0 radical (unpaired) electrons. The fourth-order valence-corrected chi connectivity index (χ4v) is 2.59. The number of imide groups is 1. The van der Waals surface area contributed by atoms with Crippen molar-refractivity contribution in [3.8, 4) is 5.75 Å². The van der Waals surface area contributed by atoms with Crippen LogP contribution in [0, 0.1) is 0 Å². The predicted molar refractivity (Wildman–Crippen MR) is 72.5 cm³/mol. The lowest BCUT2D eigenvalue weighted by Crippen LogP contribution is -2.43. The molecule has 0 unspecified atom stereocenters. The van der Waals surface area contributed by atoms with Crippen molar-refractivity contribution in [2.45, 2.75) is 18.4 Å². The van der Waals surface area contributed by atoms with E-state index in [0.29, 0.717) is 24.5 Å². The van der Waals surface area contributed by atoms with Crippen molar-refractivity contribution < 1.29 is 19.1 Å². The summed E-state index contributed by atoms with van der Waals surface area (Å²) < 4.78 is 10.7. The van der Waals surface area contributed by atoms with Crippen LogP contribution in [0.5, 0.6) is 5.75 Å². The summed E-state index contributed by atoms with van der Waals surface area (Å²) in [5.41, 5.74) is -0.456. The van der Waals surface area contributed by atoms with Crippen molar-refractivity contribution in [2.24, 2.45) is 0 Å². The standard InChI is InChI=1S/C15H15NO4/c1-19-12-6-4-11(5-7-12)16-13(17)10-15(14(16)18)8-2-3-9-20-15/h2-7H,8-10H2,1H3/t15-/m1/s1. The zero-order valence-corrected chi connectivity index (χ0v) is 11.2. The number of carbonyl (C=O) groups excluding carboxylic acids is 2. The van der Waals surface area contributed by atoms with Gasteiger partial charge in [0.05, 0.1) is 25.8 Å². The molecular formula is C15H15NO4. The largest absolute Gasteiger partial charge is 0.497 e. The lowest BCUT2D eigenvalue weighted by molar-refractivity contribution is -0.139. The molecule has 2 heterocycles. The van der Waals surface area contributed by atoms with Gasteiger partial charge in [0.2, 0.25) is 5.91 Å². The van der Waals surface area contributed by atoms with Crippen LogP contribution in [0.2, 0.25) is 0 Å². The zero-order valence-electron chi connectivity index (χ0n) is 11.2. The molecule has 5 nitrogen and oxygen atoms in total. The highest BCUT2D eigenvalue weighted by Gasteiger charge is 2.53. The Balaban J connectivity index is 1.91. The van der Waals surface area contributed by atoms with Crippen molar-refractivity contribution in [1.29, 1.82) is 0 Å². The highest BCUT2D eigenvalue weighted by atomic mass is 16.5. The third kappa shape index (κ3) is 1.91. The van der Waals surface area contributed by atoms with Gasteiger partial charge in [-0.05, 0) is 24.3 Å². The predicted octanol–water partition coefficient (Wildman–Crippen LogP) is 1.67. The molecule has 2 aliphatic heterocycles. The molecule has 1 spiro atoms. The number of amides is 2. The van der Waals surface area contributed by atoms with Gasteiger partial charge < -0.3 is 9.47 Å². The van der Waals surface area contributed by atoms with E-state index in [4.69, 9.17) is 9.47 Å². The molecule has 0 saturated carbocycles. The van der Waals surface area contributed by atoms with Crippen molar-refractivity contribution >= 4 is 17.5 Å². The lowest BCUT2D eigenvalue weighted by atomic mass is 9.95. The van der Waals surface area contributed by atoms with Crippen LogP contribution >= 0.6 is 0 Å². The summed E-state index contributed by atoms with van der Waals surface area (Å²) in [4.78, 5) is 26.0. The third-order valence-electron chi connectivity index (χ3n) is 3.68. The summed E-state index contributed by atoms with van der Waals surface area (Å²) in [7, 11) is 1.57. The van der Waals surface area contributed by atoms with Gasteiger partial charge in [0.15, 0.2) is 5.60 Å². The number of benzene rings is 1. The molecule has 0 N–H and O–H groups in total. The Kier molecular flexibility index (Phi) is 3.06. The number of ether oxygens (including phenoxy) is 2. The van der Waals surface area contributed by atoms with Crippen molar-refractivity contribution in [3.05, 3.63) is 36.4 Å². The number of anilines is 1. The van der Waals surface area contributed by atoms with Crippen molar-refractivity contribution in [3.63, 3.8) is 0 Å². The lowest BCUT2D eigenvalue weighted by Gasteiger charge is -2.28. The number of methoxy groups -OCH3 is 1. The molecule has 104 valence electrons. The van der Waals surface area contributed by atoms with Crippen LogP contribution in [0.1, 0.15) is 12.8 Å². The van der Waals surface area contributed by atoms with Crippen LogP contribution in [0.4, 0.5) is 5.69 Å². The quantitative estimate of drug-likeness (QED) is 0.607. The molecule has 0 aliphatic carbocycles. The average molecular weight is 273 g/mol. The second kappa shape index (κ2) is 4.76. The smallest absolute Gasteiger partial charge is 0.266 e. The molecule has 0 bridgehead atoms. The summed E-state index contributed by atoms with van der Waals surface area (Å²) in [5, 5.41) is 0. The number of hydrogen-bond acceptors (Lipinski definition) is 4. The van der Waals surface area contributed by atoms with Gasteiger partial charge in [-0.1, -0.05) is 12.2 Å². The van der Waals surface area contributed by atoms with E-state index in [9.17, 15) is 9.59 Å². The molecule has 5 heteroatoms. The van der Waals surface area contributed by atoms with E-state index in [1.165, 1.54) is 4.90 Å². The summed E-state index contributed by atoms with van der Waals surface area (Å²) in [6, 6.07) is 6.85. The molecule has 20 heavy (non-hydrogen) atoms. The number of carbonyl (C=O) groups is 2. The molecule has 1 aromatic rings. The first-order valence-electron chi connectivity index (χ1n) is 6.47. The minimum atomic E-state index is -1.01. The molecule has 1 saturated heterocycles. The molecule has 2 aliphatic rings. The van der Waals surface area contributed by atoms with E-state index in [2.05, 4.69) is 0 Å². The Morgan fingerprint density at radius 3 is 2.55 bits per heavy atom. The van der Waals surface area contributed by atoms with E-state index in [0.717, 1.165) is 0 Å². The van der Waals surface area contributed by atoms with Crippen LogP contribution < -0.4 is 9.64 Å². The maximum atomic E-state index is 12.6. The van der Waals surface area contributed by atoms with Gasteiger partial charge in [-0.2, -0.15) is 0 Å². The normalized spacial score (nSPS) is 25.6. The summed E-state index contributed by atoms with van der Waals surface area (Å²) >= 11 is 0. The molecule has 3 rings (SSSR count). The first kappa shape index (κ1) is 12.9. The first-order valence-corrected chi connectivity index (χ1v) is 6.47. The Hall–Kier alpha value is -2.14. The highest BCUT2D eigenvalue weighted by Crippen LogP contribution is 2.36. The van der Waals surface area contributed by atoms with Gasteiger partial charge >= 0.3 is 0 Å². The summed E-state index contributed by atoms with van der Waals surface area (Å²) in [6.45, 7) is 0.371. The fraction of sp³-hybridized carbons (Fsp3) is 0.333. The van der Waals surface area contributed by atoms with Crippen molar-refractivity contribution in [2.75, 3.05) is 18.6 Å². The van der Waals surface area contributed by atoms with Gasteiger partial charge in [0, 0.05) is 6.42 Å². The van der Waals surface area contributed by atoms with Crippen LogP contribution in [-0.4, -0.2) is 31.1 Å². The van der Waals surface area contributed by atoms with E-state index >= 15 is 0 Å². The third-order valence-corrected chi connectivity index (χ3v) is 3.68. The maximum absolute atomic E-state index is 12.6. The van der Waals surface area contributed by atoms with Gasteiger partial charge in [-0.25, -0.2) is 4.90 Å². The topological polar surface area (TPSA) is 55.8 Å². The Morgan fingerprint density at radius 2 is 1.95 bits per heavy atom. The second-order valence-electron chi connectivity index (χ2n) is 4.89. The molecule has 2 amide bonds. The van der Waals surface area contributed by atoms with Crippen LogP contribution in [0.3, 0.4) is 0 Å². The van der Waals surface area contributed by atoms with Gasteiger partial charge in [0.1, 0.15) is 5.75 Å². The Labute approximate surface area is 116 Å². The molecular weight excluding hydrogens is 258 g/mol. The molecule has 1 atom stereocenters. The van der Waals surface area contributed by atoms with Crippen LogP contribution in [0.15, 0.2) is 36.4 Å². The van der Waals surface area contributed by atoms with E-state index in [1.807, 2.05) is 12.2 Å². The maximum Gasteiger partial charge on any atom is 0.266 e. The van der Waals surface area contributed by atoms with E-state index in [-0.39, 0.29) is 18.2 Å². The summed E-state index contributed by atoms with van der Waals surface area (Å²) in [6.07, 6.45) is 4.30. The second-order valence-corrected chi connectivity index (χ2v) is 4.89. The average Bonchev–Trinajstić information content (AvgIpc) is 2.71.